The van der Waals surface area contributed by atoms with Crippen LogP contribution in [-0.4, -0.2) is 21.2 Å². The lowest BCUT2D eigenvalue weighted by atomic mass is 9.33. The van der Waals surface area contributed by atoms with Crippen LogP contribution in [-0.2, 0) is 10.8 Å². The fourth-order valence-electron chi connectivity index (χ4n) is 14.2. The molecule has 0 atom stereocenters. The van der Waals surface area contributed by atoms with Crippen LogP contribution in [0, 0.1) is 0 Å². The molecule has 0 N–H and O–H groups in total. The van der Waals surface area contributed by atoms with Gasteiger partial charge in [0.15, 0.2) is 0 Å². The molecule has 6 heteroatoms. The second kappa shape index (κ2) is 21.5. The average molecular weight is 1160 g/mol. The van der Waals surface area contributed by atoms with E-state index in [1.54, 1.807) is 0 Å². The highest BCUT2D eigenvalue weighted by Crippen LogP contribution is 2.54. The Morgan fingerprint density at radius 3 is 1.02 bits per heavy atom. The molecular weight excluding hydrogens is 1090 g/mol. The van der Waals surface area contributed by atoms with Gasteiger partial charge >= 0.3 is 0 Å². The van der Waals surface area contributed by atoms with E-state index in [1.165, 1.54) is 49.3 Å². The molecule has 0 fully saturated rings. The monoisotopic (exact) mass is 1160 g/mol. The summed E-state index contributed by atoms with van der Waals surface area (Å²) in [7, 11) is 0. The second-order valence-corrected chi connectivity index (χ2v) is 26.2. The molecule has 0 amide bonds. The van der Waals surface area contributed by atoms with Crippen LogP contribution in [0.2, 0.25) is 0 Å². The van der Waals surface area contributed by atoms with Crippen molar-refractivity contribution in [2.24, 2.45) is 0 Å². The molecule has 14 aromatic rings. The molecule has 0 bridgehead atoms. The van der Waals surface area contributed by atoms with Crippen molar-refractivity contribution in [1.29, 1.82) is 0 Å². The molecule has 0 spiro atoms. The summed E-state index contributed by atoms with van der Waals surface area (Å²) in [4.78, 5) is 14.7. The van der Waals surface area contributed by atoms with E-state index in [-0.39, 0.29) is 17.5 Å². The van der Waals surface area contributed by atoms with Crippen LogP contribution in [0.25, 0.3) is 94.3 Å². The zero-order valence-corrected chi connectivity index (χ0v) is 51.5. The van der Waals surface area contributed by atoms with Gasteiger partial charge in [0.2, 0.25) is 0 Å². The number of aromatic nitrogens is 3. The number of pyridine rings is 2. The predicted octanol–water partition coefficient (Wildman–Crippen LogP) is 20.3. The Hall–Kier alpha value is -10.8. The first-order valence-corrected chi connectivity index (χ1v) is 31.4. The van der Waals surface area contributed by atoms with Gasteiger partial charge in [-0.05, 0) is 131 Å². The molecule has 2 aliphatic heterocycles. The molecule has 90 heavy (non-hydrogen) atoms. The molecule has 11 aromatic carbocycles. The summed E-state index contributed by atoms with van der Waals surface area (Å²) >= 11 is 0. The van der Waals surface area contributed by atoms with E-state index in [2.05, 4.69) is 311 Å². The zero-order chi connectivity index (χ0) is 60.8. The Kier molecular flexibility index (Phi) is 13.0. The third-order valence-electron chi connectivity index (χ3n) is 18.7. The predicted molar refractivity (Wildman–Crippen MR) is 380 cm³/mol. The van der Waals surface area contributed by atoms with Crippen molar-refractivity contribution in [3.8, 4) is 72.4 Å². The van der Waals surface area contributed by atoms with E-state index in [1.807, 2.05) is 36.9 Å². The minimum atomic E-state index is -0.263. The van der Waals surface area contributed by atoms with Crippen LogP contribution >= 0.6 is 0 Å². The first-order valence-electron chi connectivity index (χ1n) is 31.4. The summed E-state index contributed by atoms with van der Waals surface area (Å²) in [6, 6.07) is 100.0. The Balaban J connectivity index is 1.13. The first-order chi connectivity index (χ1) is 43.9. The maximum absolute atomic E-state index is 4.71. The van der Waals surface area contributed by atoms with Gasteiger partial charge in [0.25, 0.3) is 6.71 Å². The summed E-state index contributed by atoms with van der Waals surface area (Å²) in [6.07, 6.45) is 7.72. The molecular formula is C84H66BN5. The number of rotatable bonds is 9. The van der Waals surface area contributed by atoms with Gasteiger partial charge in [-0.25, -0.2) is 0 Å². The fraction of sp³-hybridized carbons (Fsp3) is 0.0952. The van der Waals surface area contributed by atoms with Gasteiger partial charge in [0, 0.05) is 80.6 Å². The van der Waals surface area contributed by atoms with Gasteiger partial charge in [-0.15, -0.1) is 0 Å². The van der Waals surface area contributed by atoms with Crippen molar-refractivity contribution in [3.63, 3.8) is 0 Å². The quantitative estimate of drug-likeness (QED) is 0.135. The molecule has 0 saturated heterocycles. The van der Waals surface area contributed by atoms with Gasteiger partial charge in [-0.2, -0.15) is 0 Å². The number of hydrogen-bond donors (Lipinski definition) is 0. The largest absolute Gasteiger partial charge is 0.310 e. The van der Waals surface area contributed by atoms with Crippen LogP contribution in [0.3, 0.4) is 0 Å². The Morgan fingerprint density at radius 1 is 0.311 bits per heavy atom. The zero-order valence-electron chi connectivity index (χ0n) is 51.5. The lowest BCUT2D eigenvalue weighted by molar-refractivity contribution is 0.591. The van der Waals surface area contributed by atoms with E-state index >= 15 is 0 Å². The van der Waals surface area contributed by atoms with Crippen molar-refractivity contribution >= 4 is 79.0 Å². The summed E-state index contributed by atoms with van der Waals surface area (Å²) in [5.41, 5.74) is 29.4. The topological polar surface area (TPSA) is 37.2 Å². The Morgan fingerprint density at radius 2 is 0.678 bits per heavy atom. The molecule has 5 heterocycles. The third-order valence-corrected chi connectivity index (χ3v) is 18.7. The first kappa shape index (κ1) is 54.6. The molecule has 3 aromatic heterocycles. The van der Waals surface area contributed by atoms with Crippen molar-refractivity contribution < 1.29 is 0 Å². The average Bonchev–Trinajstić information content (AvgIpc) is 0.762. The van der Waals surface area contributed by atoms with Crippen LogP contribution < -0.4 is 26.2 Å². The fourth-order valence-corrected chi connectivity index (χ4v) is 14.2. The Bertz CT molecular complexity index is 4640. The molecule has 0 aliphatic carbocycles. The second-order valence-electron chi connectivity index (χ2n) is 26.2. The van der Waals surface area contributed by atoms with Crippen molar-refractivity contribution in [1.82, 2.24) is 14.5 Å². The SMILES string of the molecule is CC(C)(C)c1ccc2c3ccc(C(C)(C)C)cc3n(-c3cc4c5c(c3)N(c3c(-c6ccccc6)cccc3-c3ccccc3)c3ccc(-c6cccnc6)cc3B5c3cc(-c5cccnc5)ccc3N4c3c(-c4ccccc4)cccc3-c3ccccc3)c2c1. The number of nitrogens with zero attached hydrogens (tertiary/aromatic N) is 5. The smallest absolute Gasteiger partial charge is 0.252 e. The molecule has 5 nitrogen and oxygen atoms in total. The van der Waals surface area contributed by atoms with Crippen molar-refractivity contribution in [3.05, 3.63) is 303 Å². The molecule has 0 radical (unpaired) electrons. The number of fused-ring (bicyclic) bond motifs is 7. The van der Waals surface area contributed by atoms with Crippen LogP contribution in [0.15, 0.2) is 292 Å². The summed E-state index contributed by atoms with van der Waals surface area (Å²) < 4.78 is 2.60. The van der Waals surface area contributed by atoms with Crippen molar-refractivity contribution in [2.75, 3.05) is 9.80 Å². The van der Waals surface area contributed by atoms with Gasteiger partial charge in [0.05, 0.1) is 28.1 Å². The van der Waals surface area contributed by atoms with Gasteiger partial charge in [0.1, 0.15) is 0 Å². The minimum Gasteiger partial charge on any atom is -0.310 e. The van der Waals surface area contributed by atoms with E-state index < -0.39 is 0 Å². The summed E-state index contributed by atoms with van der Waals surface area (Å²) in [5.74, 6) is 0. The highest BCUT2D eigenvalue weighted by molar-refractivity contribution is 7.00. The van der Waals surface area contributed by atoms with Gasteiger partial charge < -0.3 is 14.4 Å². The standard InChI is InChI=1S/C84H66BN5/c1-83(2,3)63-39-41-70-71-42-40-64(84(4,5)6)50-77(71)88(76(70)49-63)65-51-78-80-79(52-65)90(82-68(57-27-15-9-16-28-57)35-20-36-69(82)58-29-17-10-18-30-58)75-44-38-60(62-32-22-46-87-54-62)48-73(75)85(80)72-47-59(61-31-21-45-86-53-61)37-43-74(72)89(78)81-66(55-23-11-7-12-24-55)33-19-34-67(81)56-25-13-8-14-26-56/h7-54H,1-6H3. The number of hydrogen-bond acceptors (Lipinski definition) is 4. The highest BCUT2D eigenvalue weighted by Gasteiger charge is 2.46. The molecule has 16 rings (SSSR count). The van der Waals surface area contributed by atoms with E-state index in [0.717, 1.165) is 107 Å². The van der Waals surface area contributed by atoms with Crippen LogP contribution in [0.1, 0.15) is 52.7 Å². The number of benzene rings is 11. The minimum absolute atomic E-state index is 0.116. The lowest BCUT2D eigenvalue weighted by Gasteiger charge is -2.46. The van der Waals surface area contributed by atoms with E-state index in [4.69, 9.17) is 9.97 Å². The summed E-state index contributed by atoms with van der Waals surface area (Å²) in [6.45, 7) is 13.7. The number of para-hydroxylation sites is 2. The number of anilines is 6. The maximum Gasteiger partial charge on any atom is 0.252 e. The molecule has 0 saturated carbocycles. The maximum atomic E-state index is 4.71. The third kappa shape index (κ3) is 9.16. The molecule has 2 aliphatic rings. The van der Waals surface area contributed by atoms with E-state index in [9.17, 15) is 0 Å². The lowest BCUT2D eigenvalue weighted by Crippen LogP contribution is -2.61. The van der Waals surface area contributed by atoms with E-state index in [0.29, 0.717) is 0 Å². The summed E-state index contributed by atoms with van der Waals surface area (Å²) in [5, 5.41) is 2.44. The highest BCUT2D eigenvalue weighted by atomic mass is 15.2. The van der Waals surface area contributed by atoms with Crippen LogP contribution in [0.5, 0.6) is 0 Å². The van der Waals surface area contributed by atoms with Crippen molar-refractivity contribution in [2.45, 2.75) is 52.4 Å². The molecule has 430 valence electrons. The van der Waals surface area contributed by atoms with Gasteiger partial charge in [-0.1, -0.05) is 260 Å². The normalized spacial score (nSPS) is 12.7. The Labute approximate surface area is 528 Å². The molecule has 0 unspecified atom stereocenters. The van der Waals surface area contributed by atoms with Crippen LogP contribution in [0.4, 0.5) is 34.1 Å². The van der Waals surface area contributed by atoms with Gasteiger partial charge in [-0.3, -0.25) is 9.97 Å².